The zero-order valence-corrected chi connectivity index (χ0v) is 15.4. The van der Waals surface area contributed by atoms with Crippen LogP contribution in [0.1, 0.15) is 42.5 Å². The Bertz CT molecular complexity index is 667. The van der Waals surface area contributed by atoms with Crippen molar-refractivity contribution in [2.24, 2.45) is 0 Å². The molecular formula is C15H18Cl2N4OS. The molecule has 0 aliphatic heterocycles. The Balaban J connectivity index is 1.95. The molecule has 124 valence electrons. The Kier molecular flexibility index (Phi) is 6.74. The third-order valence-electron chi connectivity index (χ3n) is 3.19. The van der Waals surface area contributed by atoms with Gasteiger partial charge in [-0.3, -0.25) is 4.79 Å². The lowest BCUT2D eigenvalue weighted by atomic mass is 10.2. The van der Waals surface area contributed by atoms with E-state index < -0.39 is 0 Å². The summed E-state index contributed by atoms with van der Waals surface area (Å²) in [5.41, 5.74) is 1.23. The molecule has 0 aliphatic carbocycles. The van der Waals surface area contributed by atoms with Crippen LogP contribution in [0.3, 0.4) is 0 Å². The molecule has 0 saturated heterocycles. The monoisotopic (exact) mass is 372 g/mol. The molecule has 0 radical (unpaired) electrons. The van der Waals surface area contributed by atoms with Crippen LogP contribution in [0.2, 0.25) is 10.2 Å². The molecule has 2 heterocycles. The number of amides is 1. The number of carbonyl (C=O) groups excluding carboxylic acids is 1. The highest BCUT2D eigenvalue weighted by Gasteiger charge is 2.14. The molecule has 0 spiro atoms. The number of rotatable bonds is 7. The molecule has 0 atom stereocenters. The molecule has 2 aromatic heterocycles. The second-order valence-corrected chi connectivity index (χ2v) is 7.03. The predicted molar refractivity (Wildman–Crippen MR) is 94.5 cm³/mol. The maximum atomic E-state index is 12.1. The van der Waals surface area contributed by atoms with Gasteiger partial charge in [0.15, 0.2) is 0 Å². The minimum atomic E-state index is -0.240. The number of unbranched alkanes of at least 4 members (excludes halogenated alkanes) is 2. The van der Waals surface area contributed by atoms with E-state index >= 15 is 0 Å². The van der Waals surface area contributed by atoms with Gasteiger partial charge in [-0.1, -0.05) is 54.3 Å². The molecule has 1 amide bonds. The van der Waals surface area contributed by atoms with Crippen molar-refractivity contribution in [3.63, 3.8) is 0 Å². The number of halogens is 2. The van der Waals surface area contributed by atoms with Crippen molar-refractivity contribution < 1.29 is 4.79 Å². The minimum absolute atomic E-state index is 0.0513. The highest BCUT2D eigenvalue weighted by molar-refractivity contribution is 7.15. The van der Waals surface area contributed by atoms with E-state index in [1.807, 2.05) is 0 Å². The van der Waals surface area contributed by atoms with E-state index in [0.717, 1.165) is 24.3 Å². The smallest absolute Gasteiger partial charge is 0.230 e. The standard InChI is InChI=1S/C15H18Cl2N4OS/c1-3-4-5-6-13-20-21-15(23-13)19-12(22)8-10-11(16)7-9(2)18-14(10)17/h7H,3-6,8H2,1-2H3,(H,19,21,22). The fourth-order valence-electron chi connectivity index (χ4n) is 2.04. The molecule has 0 saturated carbocycles. The van der Waals surface area contributed by atoms with Crippen LogP contribution in [-0.4, -0.2) is 21.1 Å². The second kappa shape index (κ2) is 8.57. The lowest BCUT2D eigenvalue weighted by Crippen LogP contribution is -2.15. The molecule has 0 unspecified atom stereocenters. The summed E-state index contributed by atoms with van der Waals surface area (Å²) >= 11 is 13.6. The number of anilines is 1. The lowest BCUT2D eigenvalue weighted by molar-refractivity contribution is -0.115. The van der Waals surface area contributed by atoms with Crippen LogP contribution >= 0.6 is 34.5 Å². The van der Waals surface area contributed by atoms with E-state index in [-0.39, 0.29) is 17.5 Å². The molecule has 23 heavy (non-hydrogen) atoms. The first kappa shape index (κ1) is 18.1. The number of nitrogens with zero attached hydrogens (tertiary/aromatic N) is 3. The van der Waals surface area contributed by atoms with Crippen LogP contribution in [0.5, 0.6) is 0 Å². The summed E-state index contributed by atoms with van der Waals surface area (Å²) < 4.78 is 0. The highest BCUT2D eigenvalue weighted by atomic mass is 35.5. The van der Waals surface area contributed by atoms with Crippen LogP contribution in [0.4, 0.5) is 5.13 Å². The van der Waals surface area contributed by atoms with Gasteiger partial charge in [0.25, 0.3) is 0 Å². The number of nitrogens with one attached hydrogen (secondary N) is 1. The first-order valence-corrected chi connectivity index (χ1v) is 9.00. The van der Waals surface area contributed by atoms with Gasteiger partial charge in [0, 0.05) is 22.7 Å². The molecule has 0 aliphatic rings. The van der Waals surface area contributed by atoms with Gasteiger partial charge in [-0.25, -0.2) is 4.98 Å². The summed E-state index contributed by atoms with van der Waals surface area (Å²) in [5.74, 6) is -0.240. The van der Waals surface area contributed by atoms with E-state index in [1.165, 1.54) is 17.8 Å². The predicted octanol–water partition coefficient (Wildman–Crippen LogP) is 4.46. The second-order valence-electron chi connectivity index (χ2n) is 5.20. The van der Waals surface area contributed by atoms with Gasteiger partial charge < -0.3 is 5.32 Å². The molecule has 0 fully saturated rings. The van der Waals surface area contributed by atoms with Crippen molar-refractivity contribution >= 4 is 45.6 Å². The van der Waals surface area contributed by atoms with Crippen molar-refractivity contribution in [2.45, 2.75) is 46.0 Å². The van der Waals surface area contributed by atoms with Crippen molar-refractivity contribution in [1.82, 2.24) is 15.2 Å². The number of hydrogen-bond donors (Lipinski definition) is 1. The Labute approximate surface area is 149 Å². The Morgan fingerprint density at radius 1 is 1.30 bits per heavy atom. The molecule has 2 aromatic rings. The van der Waals surface area contributed by atoms with E-state index in [9.17, 15) is 4.79 Å². The third-order valence-corrected chi connectivity index (χ3v) is 4.74. The Hall–Kier alpha value is -1.24. The van der Waals surface area contributed by atoms with Crippen LogP contribution in [0.25, 0.3) is 0 Å². The van der Waals surface area contributed by atoms with Gasteiger partial charge in [0.05, 0.1) is 6.42 Å². The number of aryl methyl sites for hydroxylation is 2. The van der Waals surface area contributed by atoms with Crippen LogP contribution in [-0.2, 0) is 17.6 Å². The normalized spacial score (nSPS) is 10.8. The van der Waals surface area contributed by atoms with Crippen LogP contribution in [0.15, 0.2) is 6.07 Å². The van der Waals surface area contributed by atoms with Crippen molar-refractivity contribution in [3.8, 4) is 0 Å². The number of pyridine rings is 1. The van der Waals surface area contributed by atoms with Gasteiger partial charge in [-0.05, 0) is 19.4 Å². The largest absolute Gasteiger partial charge is 0.300 e. The maximum absolute atomic E-state index is 12.1. The molecular weight excluding hydrogens is 355 g/mol. The highest BCUT2D eigenvalue weighted by Crippen LogP contribution is 2.25. The average Bonchev–Trinajstić information content (AvgIpc) is 2.90. The number of hydrogen-bond acceptors (Lipinski definition) is 5. The molecule has 0 bridgehead atoms. The molecule has 5 nitrogen and oxygen atoms in total. The summed E-state index contributed by atoms with van der Waals surface area (Å²) in [6, 6.07) is 1.69. The SMILES string of the molecule is CCCCCc1nnc(NC(=O)Cc2c(Cl)cc(C)nc2Cl)s1. The van der Waals surface area contributed by atoms with Gasteiger partial charge in [0.2, 0.25) is 11.0 Å². The first-order chi connectivity index (χ1) is 11.0. The Morgan fingerprint density at radius 3 is 2.78 bits per heavy atom. The first-order valence-electron chi connectivity index (χ1n) is 7.43. The number of carbonyl (C=O) groups is 1. The number of aromatic nitrogens is 3. The lowest BCUT2D eigenvalue weighted by Gasteiger charge is -2.07. The van der Waals surface area contributed by atoms with Gasteiger partial charge >= 0.3 is 0 Å². The molecule has 8 heteroatoms. The van der Waals surface area contributed by atoms with Crippen molar-refractivity contribution in [3.05, 3.63) is 32.5 Å². The maximum Gasteiger partial charge on any atom is 0.230 e. The van der Waals surface area contributed by atoms with Crippen LogP contribution in [0, 0.1) is 6.92 Å². The average molecular weight is 373 g/mol. The molecule has 0 aromatic carbocycles. The summed E-state index contributed by atoms with van der Waals surface area (Å²) in [7, 11) is 0. The zero-order valence-electron chi connectivity index (χ0n) is 13.0. The van der Waals surface area contributed by atoms with Crippen molar-refractivity contribution in [1.29, 1.82) is 0 Å². The van der Waals surface area contributed by atoms with E-state index in [4.69, 9.17) is 23.2 Å². The quantitative estimate of drug-likeness (QED) is 0.575. The van der Waals surface area contributed by atoms with E-state index in [2.05, 4.69) is 27.4 Å². The summed E-state index contributed by atoms with van der Waals surface area (Å²) in [4.78, 5) is 16.2. The Morgan fingerprint density at radius 2 is 2.09 bits per heavy atom. The fraction of sp³-hybridized carbons (Fsp3) is 0.467. The van der Waals surface area contributed by atoms with Gasteiger partial charge in [-0.2, -0.15) is 0 Å². The minimum Gasteiger partial charge on any atom is -0.300 e. The van der Waals surface area contributed by atoms with E-state index in [1.54, 1.807) is 13.0 Å². The molecule has 2 rings (SSSR count). The van der Waals surface area contributed by atoms with Crippen molar-refractivity contribution in [2.75, 3.05) is 5.32 Å². The van der Waals surface area contributed by atoms with Crippen LogP contribution < -0.4 is 5.32 Å². The van der Waals surface area contributed by atoms with Gasteiger partial charge in [-0.15, -0.1) is 10.2 Å². The van der Waals surface area contributed by atoms with E-state index in [0.29, 0.717) is 21.4 Å². The zero-order chi connectivity index (χ0) is 16.8. The van der Waals surface area contributed by atoms with Gasteiger partial charge in [0.1, 0.15) is 10.2 Å². The topological polar surface area (TPSA) is 67.8 Å². The summed E-state index contributed by atoms with van der Waals surface area (Å²) in [5, 5.41) is 12.9. The summed E-state index contributed by atoms with van der Waals surface area (Å²) in [6.45, 7) is 3.95. The summed E-state index contributed by atoms with van der Waals surface area (Å²) in [6.07, 6.45) is 4.35. The molecule has 1 N–H and O–H groups in total. The fourth-order valence-corrected chi connectivity index (χ4v) is 3.50. The third kappa shape index (κ3) is 5.41.